The number of nitrogens with zero attached hydrogens (tertiary/aromatic N) is 1. The fourth-order valence-electron chi connectivity index (χ4n) is 8.29. The van der Waals surface area contributed by atoms with Gasteiger partial charge in [-0.1, -0.05) is 51.8 Å². The summed E-state index contributed by atoms with van der Waals surface area (Å²) in [5.41, 5.74) is -2.54. The highest BCUT2D eigenvalue weighted by atomic mass is 16.7. The van der Waals surface area contributed by atoms with Gasteiger partial charge in [-0.25, -0.2) is 9.59 Å². The van der Waals surface area contributed by atoms with Gasteiger partial charge >= 0.3 is 18.0 Å². The first-order valence-electron chi connectivity index (χ1n) is 19.0. The normalized spacial score (nSPS) is 37.2. The lowest BCUT2D eigenvalue weighted by Crippen LogP contribution is -2.61. The molecule has 0 radical (unpaired) electrons. The van der Waals surface area contributed by atoms with Gasteiger partial charge in [-0.05, 0) is 85.0 Å². The number of benzene rings is 1. The molecule has 3 heterocycles. The predicted octanol–water partition coefficient (Wildman–Crippen LogP) is 4.35. The summed E-state index contributed by atoms with van der Waals surface area (Å²) >= 11 is 0. The topological polar surface area (TPSA) is 156 Å². The number of carbonyl (C=O) groups excluding carboxylic acids is 5. The van der Waals surface area contributed by atoms with E-state index in [9.17, 15) is 24.0 Å². The van der Waals surface area contributed by atoms with Gasteiger partial charge in [-0.15, -0.1) is 6.42 Å². The summed E-state index contributed by atoms with van der Waals surface area (Å²) in [6.45, 7) is 13.3. The van der Waals surface area contributed by atoms with Crippen LogP contribution in [0.4, 0.5) is 4.79 Å². The van der Waals surface area contributed by atoms with Gasteiger partial charge in [0, 0.05) is 17.8 Å². The summed E-state index contributed by atoms with van der Waals surface area (Å²) < 4.78 is 37.6. The van der Waals surface area contributed by atoms with Crippen LogP contribution in [0.2, 0.25) is 0 Å². The summed E-state index contributed by atoms with van der Waals surface area (Å²) in [5, 5.41) is 2.77. The van der Waals surface area contributed by atoms with Gasteiger partial charge in [0.15, 0.2) is 23.8 Å². The SMILES string of the molecule is C#CC#CCO[C@@]1(C)C[C@@H](C)C(=O)[C@H](C)[C@H]2NC(=O)O[C@]2(C)[C@H](CC)OC(=O)[C@H](C)C(=O)[C@H](C)[C@H]1O[C@@H]1O[C@H](C)C[C@H](N(C)C)[C@H]1OC(=O)c1ccccc1. The van der Waals surface area contributed by atoms with Gasteiger partial charge in [0.2, 0.25) is 0 Å². The van der Waals surface area contributed by atoms with E-state index in [1.807, 2.05) is 25.9 Å². The molecule has 55 heavy (non-hydrogen) atoms. The molecule has 0 saturated carbocycles. The molecule has 3 fully saturated rings. The Hall–Kier alpha value is -4.27. The minimum atomic E-state index is -1.46. The summed E-state index contributed by atoms with van der Waals surface area (Å²) in [6.07, 6.45) is 0.671. The van der Waals surface area contributed by atoms with Crippen LogP contribution in [0.5, 0.6) is 0 Å². The summed E-state index contributed by atoms with van der Waals surface area (Å²) in [5.74, 6) is 1.47. The zero-order valence-electron chi connectivity index (χ0n) is 33.6. The molecule has 0 unspecified atom stereocenters. The molecular formula is C42H56N2O11. The third-order valence-electron chi connectivity index (χ3n) is 11.3. The molecule has 0 aromatic heterocycles. The van der Waals surface area contributed by atoms with Crippen LogP contribution in [0.1, 0.15) is 85.0 Å². The molecule has 300 valence electrons. The number of likely N-dealkylation sites (N-methyl/N-ethyl adjacent to an activating group) is 1. The molecular weight excluding hydrogens is 708 g/mol. The number of terminal acetylenes is 1. The third kappa shape index (κ3) is 9.58. The number of hydrogen-bond acceptors (Lipinski definition) is 12. The van der Waals surface area contributed by atoms with E-state index in [0.717, 1.165) is 0 Å². The Balaban J connectivity index is 1.85. The Morgan fingerprint density at radius 3 is 2.31 bits per heavy atom. The Bertz CT molecular complexity index is 1680. The van der Waals surface area contributed by atoms with Crippen LogP contribution in [0.15, 0.2) is 30.3 Å². The van der Waals surface area contributed by atoms with Crippen molar-refractivity contribution in [2.45, 2.75) is 129 Å². The maximum Gasteiger partial charge on any atom is 0.408 e. The van der Waals surface area contributed by atoms with E-state index in [0.29, 0.717) is 12.0 Å². The Morgan fingerprint density at radius 2 is 1.69 bits per heavy atom. The highest BCUT2D eigenvalue weighted by Crippen LogP contribution is 2.40. The molecule has 4 rings (SSSR count). The molecule has 13 nitrogen and oxygen atoms in total. The van der Waals surface area contributed by atoms with Crippen LogP contribution in [0.3, 0.4) is 0 Å². The Kier molecular flexibility index (Phi) is 14.3. The number of Topliss-reactive ketones (excluding diaryl/α,β-unsaturated/α-hetero) is 2. The van der Waals surface area contributed by atoms with Crippen molar-refractivity contribution in [2.75, 3.05) is 20.7 Å². The lowest BCUT2D eigenvalue weighted by molar-refractivity contribution is -0.295. The van der Waals surface area contributed by atoms with Crippen LogP contribution in [-0.4, -0.2) is 109 Å². The van der Waals surface area contributed by atoms with Crippen LogP contribution in [0, 0.1) is 47.9 Å². The lowest BCUT2D eigenvalue weighted by Gasteiger charge is -2.48. The molecule has 1 aromatic carbocycles. The Morgan fingerprint density at radius 1 is 1.02 bits per heavy atom. The van der Waals surface area contributed by atoms with Gasteiger partial charge in [0.1, 0.15) is 24.4 Å². The van der Waals surface area contributed by atoms with Crippen molar-refractivity contribution < 1.29 is 52.4 Å². The van der Waals surface area contributed by atoms with Gasteiger partial charge in [-0.2, -0.15) is 0 Å². The molecule has 3 saturated heterocycles. The third-order valence-corrected chi connectivity index (χ3v) is 11.3. The molecule has 1 aromatic rings. The van der Waals surface area contributed by atoms with Crippen molar-refractivity contribution in [1.29, 1.82) is 0 Å². The number of cyclic esters (lactones) is 1. The maximum atomic E-state index is 14.5. The van der Waals surface area contributed by atoms with E-state index in [4.69, 9.17) is 34.8 Å². The number of esters is 2. The molecule has 1 amide bonds. The number of ether oxygens (including phenoxy) is 6. The van der Waals surface area contributed by atoms with E-state index in [-0.39, 0.29) is 37.4 Å². The minimum Gasteiger partial charge on any atom is -0.458 e. The van der Waals surface area contributed by atoms with E-state index < -0.39 is 89.3 Å². The number of nitrogens with one attached hydrogen (secondary N) is 1. The number of alkyl carbamates (subject to hydrolysis) is 1. The van der Waals surface area contributed by atoms with Crippen LogP contribution in [0.25, 0.3) is 0 Å². The fourth-order valence-corrected chi connectivity index (χ4v) is 8.29. The van der Waals surface area contributed by atoms with E-state index >= 15 is 0 Å². The molecule has 13 atom stereocenters. The highest BCUT2D eigenvalue weighted by molar-refractivity contribution is 6.00. The second kappa shape index (κ2) is 18.1. The quantitative estimate of drug-likeness (QED) is 0.173. The summed E-state index contributed by atoms with van der Waals surface area (Å²) in [6, 6.07) is 7.32. The predicted molar refractivity (Wildman–Crippen MR) is 201 cm³/mol. The number of rotatable bonds is 8. The number of hydrogen-bond donors (Lipinski definition) is 1. The van der Waals surface area contributed by atoms with Crippen molar-refractivity contribution in [3.05, 3.63) is 35.9 Å². The minimum absolute atomic E-state index is 0.0122. The first-order valence-corrected chi connectivity index (χ1v) is 19.0. The fraction of sp³-hybridized carbons (Fsp3) is 0.643. The van der Waals surface area contributed by atoms with E-state index in [1.165, 1.54) is 6.92 Å². The smallest absolute Gasteiger partial charge is 0.408 e. The zero-order valence-corrected chi connectivity index (χ0v) is 33.6. The molecule has 0 aliphatic carbocycles. The number of ketones is 2. The van der Waals surface area contributed by atoms with Crippen molar-refractivity contribution in [3.63, 3.8) is 0 Å². The molecule has 1 N–H and O–H groups in total. The van der Waals surface area contributed by atoms with Crippen LogP contribution in [-0.2, 0) is 42.8 Å². The van der Waals surface area contributed by atoms with E-state index in [2.05, 4.69) is 23.1 Å². The molecule has 0 bridgehead atoms. The first kappa shape index (κ1) is 43.5. The second-order valence-corrected chi connectivity index (χ2v) is 15.7. The average molecular weight is 765 g/mol. The van der Waals surface area contributed by atoms with Gasteiger partial charge < -0.3 is 38.6 Å². The van der Waals surface area contributed by atoms with Crippen LogP contribution >= 0.6 is 0 Å². The summed E-state index contributed by atoms with van der Waals surface area (Å²) in [7, 11) is 3.73. The molecule has 13 heteroatoms. The van der Waals surface area contributed by atoms with E-state index in [1.54, 1.807) is 71.9 Å². The maximum absolute atomic E-state index is 14.5. The highest BCUT2D eigenvalue weighted by Gasteiger charge is 2.57. The first-order chi connectivity index (χ1) is 25.9. The van der Waals surface area contributed by atoms with Crippen molar-refractivity contribution in [2.24, 2.45) is 23.7 Å². The zero-order chi connectivity index (χ0) is 40.8. The number of fused-ring (bicyclic) bond motifs is 1. The number of amides is 1. The van der Waals surface area contributed by atoms with Crippen molar-refractivity contribution >= 4 is 29.6 Å². The second-order valence-electron chi connectivity index (χ2n) is 15.7. The van der Waals surface area contributed by atoms with Gasteiger partial charge in [0.25, 0.3) is 0 Å². The average Bonchev–Trinajstić information content (AvgIpc) is 3.47. The lowest BCUT2D eigenvalue weighted by atomic mass is 9.73. The summed E-state index contributed by atoms with van der Waals surface area (Å²) in [4.78, 5) is 70.9. The molecule has 0 spiro atoms. The van der Waals surface area contributed by atoms with Crippen molar-refractivity contribution in [1.82, 2.24) is 10.2 Å². The van der Waals surface area contributed by atoms with Crippen molar-refractivity contribution in [3.8, 4) is 24.2 Å². The Labute approximate surface area is 324 Å². The van der Waals surface area contributed by atoms with Gasteiger partial charge in [0.05, 0.1) is 35.5 Å². The largest absolute Gasteiger partial charge is 0.458 e. The standard InChI is InChI=1S/C42H56N2O11/c1-12-14-18-21-50-41(8)23-24(3)32(45)26(5)35-42(9,55-40(49)43-35)31(13-2)52-37(47)28(7)33(46)27(6)36(41)54-39-34(30(44(10)11)22-25(4)51-39)53-38(48)29-19-16-15-17-20-29/h1,15-17,19-20,24-28,30-31,34-36,39H,13,21-23H2,2-11H3,(H,43,49)/t24-,25-,26+,27+,28-,30+,31+,34-,35-,36-,39+,41+,42-/m1/s1. The van der Waals surface area contributed by atoms with Crippen LogP contribution < -0.4 is 5.32 Å². The monoisotopic (exact) mass is 764 g/mol. The van der Waals surface area contributed by atoms with Gasteiger partial charge in [-0.3, -0.25) is 14.4 Å². The molecule has 3 aliphatic rings. The molecule has 3 aliphatic heterocycles. The number of carbonyl (C=O) groups is 5.